The molecule has 2 atom stereocenters. The third kappa shape index (κ3) is 8.15. The van der Waals surface area contributed by atoms with E-state index in [2.05, 4.69) is 10.6 Å². The number of hydrogen-bond donors (Lipinski definition) is 3. The largest absolute Gasteiger partial charge is 0.389 e. The monoisotopic (exact) mass is 274 g/mol. The highest BCUT2D eigenvalue weighted by Gasteiger charge is 2.28. The summed E-state index contributed by atoms with van der Waals surface area (Å²) in [6.45, 7) is 4.42. The van der Waals surface area contributed by atoms with Gasteiger partial charge in [-0.15, -0.1) is 0 Å². The van der Waals surface area contributed by atoms with Crippen molar-refractivity contribution in [3.8, 4) is 0 Å². The number of methoxy groups -OCH3 is 1. The number of hydrogen-bond acceptors (Lipinski definition) is 5. The number of aliphatic hydroxyl groups is 1. The van der Waals surface area contributed by atoms with E-state index >= 15 is 0 Å². The first kappa shape index (κ1) is 16.4. The van der Waals surface area contributed by atoms with E-state index < -0.39 is 6.10 Å². The molecule has 3 N–H and O–H groups in total. The summed E-state index contributed by atoms with van der Waals surface area (Å²) in [6.07, 6.45) is 1.49. The number of aliphatic hydroxyl groups excluding tert-OH is 1. The van der Waals surface area contributed by atoms with Gasteiger partial charge in [0.2, 0.25) is 5.91 Å². The van der Waals surface area contributed by atoms with Crippen LogP contribution in [0.4, 0.5) is 0 Å². The summed E-state index contributed by atoms with van der Waals surface area (Å²) in [6, 6.07) is 0. The van der Waals surface area contributed by atoms with Crippen molar-refractivity contribution >= 4 is 5.91 Å². The summed E-state index contributed by atoms with van der Waals surface area (Å²) in [5, 5.41) is 15.6. The van der Waals surface area contributed by atoms with Gasteiger partial charge in [0.1, 0.15) is 0 Å². The summed E-state index contributed by atoms with van der Waals surface area (Å²) in [5.74, 6) is 0.403. The minimum absolute atomic E-state index is 0.0162. The van der Waals surface area contributed by atoms with Gasteiger partial charge < -0.3 is 25.2 Å². The van der Waals surface area contributed by atoms with Crippen LogP contribution in [0.2, 0.25) is 0 Å². The number of amides is 1. The molecule has 1 fully saturated rings. The van der Waals surface area contributed by atoms with Gasteiger partial charge in [-0.3, -0.25) is 4.79 Å². The first-order chi connectivity index (χ1) is 9.13. The van der Waals surface area contributed by atoms with Gasteiger partial charge in [0.15, 0.2) is 0 Å². The van der Waals surface area contributed by atoms with Crippen molar-refractivity contribution in [2.45, 2.75) is 32.0 Å². The molecule has 0 aliphatic heterocycles. The predicted molar refractivity (Wildman–Crippen MR) is 71.9 cm³/mol. The maximum Gasteiger partial charge on any atom is 0.223 e. The number of ether oxygens (including phenoxy) is 2. The van der Waals surface area contributed by atoms with E-state index in [0.717, 1.165) is 12.8 Å². The molecule has 19 heavy (non-hydrogen) atoms. The SMILES string of the molecule is COCC(C)OCC(O)CNCCNC(=O)C1CC1. The molecule has 1 aliphatic carbocycles. The van der Waals surface area contributed by atoms with E-state index in [-0.39, 0.29) is 24.5 Å². The van der Waals surface area contributed by atoms with Crippen molar-refractivity contribution in [1.29, 1.82) is 0 Å². The molecular weight excluding hydrogens is 248 g/mol. The molecule has 112 valence electrons. The molecule has 1 amide bonds. The average molecular weight is 274 g/mol. The molecule has 0 bridgehead atoms. The zero-order valence-electron chi connectivity index (χ0n) is 11.9. The quantitative estimate of drug-likeness (QED) is 0.443. The molecule has 0 heterocycles. The third-order valence-electron chi connectivity index (χ3n) is 2.90. The van der Waals surface area contributed by atoms with Gasteiger partial charge in [0, 0.05) is 32.7 Å². The maximum atomic E-state index is 11.3. The van der Waals surface area contributed by atoms with Gasteiger partial charge in [-0.05, 0) is 19.8 Å². The van der Waals surface area contributed by atoms with Gasteiger partial charge >= 0.3 is 0 Å². The highest BCUT2D eigenvalue weighted by molar-refractivity contribution is 5.80. The Morgan fingerprint density at radius 3 is 2.74 bits per heavy atom. The van der Waals surface area contributed by atoms with Crippen molar-refractivity contribution in [1.82, 2.24) is 10.6 Å². The van der Waals surface area contributed by atoms with E-state index in [1.54, 1.807) is 7.11 Å². The number of carbonyl (C=O) groups excluding carboxylic acids is 1. The second kappa shape index (κ2) is 9.25. The molecule has 0 spiro atoms. The Balaban J connectivity index is 1.88. The standard InChI is InChI=1S/C13H26N2O4/c1-10(8-18-2)19-9-12(16)7-14-5-6-15-13(17)11-3-4-11/h10-12,14,16H,3-9H2,1-2H3,(H,15,17). The third-order valence-corrected chi connectivity index (χ3v) is 2.90. The second-order valence-electron chi connectivity index (χ2n) is 5.02. The Hall–Kier alpha value is -0.690. The van der Waals surface area contributed by atoms with Gasteiger partial charge in [-0.25, -0.2) is 0 Å². The summed E-state index contributed by atoms with van der Waals surface area (Å²) in [7, 11) is 1.62. The van der Waals surface area contributed by atoms with E-state index in [1.165, 1.54) is 0 Å². The van der Waals surface area contributed by atoms with Crippen LogP contribution in [0, 0.1) is 5.92 Å². The Bertz CT molecular complexity index is 259. The average Bonchev–Trinajstić information content (AvgIpc) is 3.20. The van der Waals surface area contributed by atoms with Crippen LogP contribution in [0.3, 0.4) is 0 Å². The lowest BCUT2D eigenvalue weighted by Crippen LogP contribution is -2.37. The molecule has 0 saturated heterocycles. The molecular formula is C13H26N2O4. The van der Waals surface area contributed by atoms with E-state index in [9.17, 15) is 9.90 Å². The lowest BCUT2D eigenvalue weighted by Gasteiger charge is -2.16. The summed E-state index contributed by atoms with van der Waals surface area (Å²) < 4.78 is 10.3. The van der Waals surface area contributed by atoms with Crippen molar-refractivity contribution in [2.24, 2.45) is 5.92 Å². The van der Waals surface area contributed by atoms with Gasteiger partial charge in [0.25, 0.3) is 0 Å². The van der Waals surface area contributed by atoms with Crippen LogP contribution in [0.5, 0.6) is 0 Å². The summed E-state index contributed by atoms with van der Waals surface area (Å²) in [4.78, 5) is 11.3. The van der Waals surface area contributed by atoms with Crippen LogP contribution < -0.4 is 10.6 Å². The number of rotatable bonds is 11. The smallest absolute Gasteiger partial charge is 0.223 e. The molecule has 0 aromatic heterocycles. The fraction of sp³-hybridized carbons (Fsp3) is 0.923. The number of nitrogens with one attached hydrogen (secondary N) is 2. The van der Waals surface area contributed by atoms with Crippen LogP contribution in [-0.2, 0) is 14.3 Å². The first-order valence-corrected chi connectivity index (χ1v) is 6.90. The Morgan fingerprint density at radius 1 is 1.37 bits per heavy atom. The van der Waals surface area contributed by atoms with Crippen LogP contribution in [0.1, 0.15) is 19.8 Å². The zero-order chi connectivity index (χ0) is 14.1. The molecule has 0 radical (unpaired) electrons. The van der Waals surface area contributed by atoms with Crippen LogP contribution in [0.25, 0.3) is 0 Å². The van der Waals surface area contributed by atoms with Gasteiger partial charge in [-0.2, -0.15) is 0 Å². The predicted octanol–water partition coefficient (Wildman–Crippen LogP) is -0.485. The van der Waals surface area contributed by atoms with E-state index in [0.29, 0.717) is 26.2 Å². The maximum absolute atomic E-state index is 11.3. The molecule has 1 aliphatic rings. The second-order valence-corrected chi connectivity index (χ2v) is 5.02. The Kier molecular flexibility index (Phi) is 7.97. The highest BCUT2D eigenvalue weighted by Crippen LogP contribution is 2.28. The lowest BCUT2D eigenvalue weighted by molar-refractivity contribution is -0.122. The van der Waals surface area contributed by atoms with Crippen LogP contribution in [0.15, 0.2) is 0 Å². The molecule has 6 heteroatoms. The minimum Gasteiger partial charge on any atom is -0.389 e. The Morgan fingerprint density at radius 2 is 2.11 bits per heavy atom. The molecule has 1 saturated carbocycles. The molecule has 2 unspecified atom stereocenters. The molecule has 1 rings (SSSR count). The van der Waals surface area contributed by atoms with Crippen molar-refractivity contribution in [3.05, 3.63) is 0 Å². The zero-order valence-corrected chi connectivity index (χ0v) is 11.9. The number of carbonyl (C=O) groups is 1. The van der Waals surface area contributed by atoms with Gasteiger partial charge in [0.05, 0.1) is 25.4 Å². The van der Waals surface area contributed by atoms with E-state index in [1.807, 2.05) is 6.92 Å². The molecule has 0 aromatic carbocycles. The van der Waals surface area contributed by atoms with Crippen molar-refractivity contribution in [3.63, 3.8) is 0 Å². The minimum atomic E-state index is -0.543. The van der Waals surface area contributed by atoms with Crippen molar-refractivity contribution in [2.75, 3.05) is 40.0 Å². The highest BCUT2D eigenvalue weighted by atomic mass is 16.5. The Labute approximate surface area is 114 Å². The summed E-state index contributed by atoms with van der Waals surface area (Å²) >= 11 is 0. The van der Waals surface area contributed by atoms with Crippen LogP contribution in [-0.4, -0.2) is 63.2 Å². The lowest BCUT2D eigenvalue weighted by atomic mass is 10.3. The van der Waals surface area contributed by atoms with Crippen LogP contribution >= 0.6 is 0 Å². The molecule has 6 nitrogen and oxygen atoms in total. The fourth-order valence-electron chi connectivity index (χ4n) is 1.65. The summed E-state index contributed by atoms with van der Waals surface area (Å²) in [5.41, 5.74) is 0. The normalized spacial score (nSPS) is 18.1. The van der Waals surface area contributed by atoms with E-state index in [4.69, 9.17) is 9.47 Å². The fourth-order valence-corrected chi connectivity index (χ4v) is 1.65. The topological polar surface area (TPSA) is 79.8 Å². The van der Waals surface area contributed by atoms with Crippen molar-refractivity contribution < 1.29 is 19.4 Å². The molecule has 0 aromatic rings. The van der Waals surface area contributed by atoms with Gasteiger partial charge in [-0.1, -0.05) is 0 Å². The first-order valence-electron chi connectivity index (χ1n) is 6.90.